The Kier molecular flexibility index (Phi) is 7.71. The number of anilines is 1. The monoisotopic (exact) mass is 397 g/mol. The Morgan fingerprint density at radius 3 is 2.79 bits per heavy atom. The van der Waals surface area contributed by atoms with Gasteiger partial charge in [0.1, 0.15) is 5.82 Å². The molecule has 1 aliphatic rings. The molecule has 1 fully saturated rings. The number of nitrogens with one attached hydrogen (secondary N) is 1. The summed E-state index contributed by atoms with van der Waals surface area (Å²) in [6, 6.07) is 14.8. The quantitative estimate of drug-likeness (QED) is 0.611. The van der Waals surface area contributed by atoms with E-state index in [1.807, 2.05) is 30.3 Å². The van der Waals surface area contributed by atoms with Crippen LogP contribution in [0.1, 0.15) is 24.8 Å². The van der Waals surface area contributed by atoms with Gasteiger partial charge in [0.2, 0.25) is 0 Å². The van der Waals surface area contributed by atoms with Gasteiger partial charge in [0.15, 0.2) is 11.5 Å². The lowest BCUT2D eigenvalue weighted by Crippen LogP contribution is -2.26. The Balaban J connectivity index is 1.46. The van der Waals surface area contributed by atoms with Crippen LogP contribution in [0.5, 0.6) is 11.5 Å². The van der Waals surface area contributed by atoms with E-state index in [1.54, 1.807) is 7.11 Å². The van der Waals surface area contributed by atoms with Gasteiger partial charge in [-0.2, -0.15) is 5.26 Å². The number of hydrogen-bond acceptors (Lipinski definition) is 5. The number of benzene rings is 2. The Hall–Kier alpha value is -2.78. The van der Waals surface area contributed by atoms with Crippen LogP contribution in [-0.2, 0) is 6.54 Å². The molecule has 29 heavy (non-hydrogen) atoms. The van der Waals surface area contributed by atoms with Crippen LogP contribution in [0, 0.1) is 23.1 Å². The smallest absolute Gasteiger partial charge is 0.161 e. The van der Waals surface area contributed by atoms with Crippen LogP contribution < -0.4 is 19.7 Å². The third-order valence-corrected chi connectivity index (χ3v) is 5.16. The van der Waals surface area contributed by atoms with E-state index >= 15 is 0 Å². The fraction of sp³-hybridized carbons (Fsp3) is 0.435. The lowest BCUT2D eigenvalue weighted by molar-refractivity contribution is 0.290. The van der Waals surface area contributed by atoms with Gasteiger partial charge in [-0.3, -0.25) is 0 Å². The van der Waals surface area contributed by atoms with Crippen molar-refractivity contribution in [3.63, 3.8) is 0 Å². The van der Waals surface area contributed by atoms with Crippen molar-refractivity contribution in [1.29, 1.82) is 5.26 Å². The third-order valence-electron chi connectivity index (χ3n) is 5.16. The molecule has 0 saturated carbocycles. The number of methoxy groups -OCH3 is 1. The van der Waals surface area contributed by atoms with Crippen molar-refractivity contribution in [2.24, 2.45) is 5.92 Å². The van der Waals surface area contributed by atoms with Gasteiger partial charge >= 0.3 is 0 Å². The predicted octanol–water partition coefficient (Wildman–Crippen LogP) is 4.13. The summed E-state index contributed by atoms with van der Waals surface area (Å²) in [6.45, 7) is 4.17. The lowest BCUT2D eigenvalue weighted by atomic mass is 10.1. The van der Waals surface area contributed by atoms with Crippen molar-refractivity contribution in [2.45, 2.75) is 25.8 Å². The van der Waals surface area contributed by atoms with Gasteiger partial charge in [-0.25, -0.2) is 4.39 Å². The average molecular weight is 397 g/mol. The Morgan fingerprint density at radius 1 is 1.21 bits per heavy atom. The van der Waals surface area contributed by atoms with E-state index in [1.165, 1.54) is 12.1 Å². The predicted molar refractivity (Wildman–Crippen MR) is 112 cm³/mol. The van der Waals surface area contributed by atoms with Crippen LogP contribution in [-0.4, -0.2) is 33.4 Å². The first kappa shape index (κ1) is 20.9. The summed E-state index contributed by atoms with van der Waals surface area (Å²) in [6.07, 6.45) is 2.31. The minimum Gasteiger partial charge on any atom is -0.493 e. The standard InChI is InChI=1S/C23H28FN3O2/c1-28-22-9-4-18(14-23(22)29-13-3-2-11-25)15-26-16-19-10-12-27(17-19)21-7-5-20(24)6-8-21/h4-9,14,19,26H,2-3,10,12-13,15-17H2,1H3. The highest BCUT2D eigenvalue weighted by molar-refractivity contribution is 5.47. The number of ether oxygens (including phenoxy) is 2. The second-order valence-corrected chi connectivity index (χ2v) is 7.30. The topological polar surface area (TPSA) is 57.5 Å². The zero-order valence-corrected chi connectivity index (χ0v) is 16.9. The second kappa shape index (κ2) is 10.7. The minimum absolute atomic E-state index is 0.195. The molecular weight excluding hydrogens is 369 g/mol. The molecule has 2 aromatic carbocycles. The van der Waals surface area contributed by atoms with Crippen molar-refractivity contribution in [1.82, 2.24) is 5.32 Å². The lowest BCUT2D eigenvalue weighted by Gasteiger charge is -2.19. The van der Waals surface area contributed by atoms with Crippen molar-refractivity contribution in [3.05, 3.63) is 53.8 Å². The molecule has 1 aliphatic heterocycles. The zero-order chi connectivity index (χ0) is 20.5. The number of hydrogen-bond donors (Lipinski definition) is 1. The Morgan fingerprint density at radius 2 is 2.03 bits per heavy atom. The molecule has 1 saturated heterocycles. The molecule has 0 spiro atoms. The summed E-state index contributed by atoms with van der Waals surface area (Å²) >= 11 is 0. The Labute approximate surface area is 172 Å². The first-order valence-corrected chi connectivity index (χ1v) is 10.1. The molecular formula is C23H28FN3O2. The van der Waals surface area contributed by atoms with Gasteiger partial charge in [-0.15, -0.1) is 0 Å². The summed E-state index contributed by atoms with van der Waals surface area (Å²) in [5.41, 5.74) is 2.22. The van der Waals surface area contributed by atoms with E-state index in [9.17, 15) is 4.39 Å². The molecule has 6 heteroatoms. The van der Waals surface area contributed by atoms with Crippen LogP contribution in [0.25, 0.3) is 0 Å². The van der Waals surface area contributed by atoms with Gasteiger partial charge in [0, 0.05) is 38.3 Å². The van der Waals surface area contributed by atoms with Crippen LogP contribution >= 0.6 is 0 Å². The van der Waals surface area contributed by atoms with Crippen LogP contribution in [0.4, 0.5) is 10.1 Å². The minimum atomic E-state index is -0.195. The SMILES string of the molecule is COc1ccc(CNCC2CCN(c3ccc(F)cc3)C2)cc1OCCCC#N. The fourth-order valence-corrected chi connectivity index (χ4v) is 3.58. The molecule has 0 radical (unpaired) electrons. The number of nitrogens with zero attached hydrogens (tertiary/aromatic N) is 2. The van der Waals surface area contributed by atoms with Gasteiger partial charge in [0.05, 0.1) is 19.8 Å². The summed E-state index contributed by atoms with van der Waals surface area (Å²) in [7, 11) is 1.63. The maximum atomic E-state index is 13.1. The highest BCUT2D eigenvalue weighted by Crippen LogP contribution is 2.28. The van der Waals surface area contributed by atoms with E-state index in [0.29, 0.717) is 36.9 Å². The molecule has 2 aromatic rings. The third kappa shape index (κ3) is 6.10. The Bertz CT molecular complexity index is 820. The summed E-state index contributed by atoms with van der Waals surface area (Å²) in [5, 5.41) is 12.2. The average Bonchev–Trinajstić information content (AvgIpc) is 3.21. The normalized spacial score (nSPS) is 15.9. The largest absolute Gasteiger partial charge is 0.493 e. The van der Waals surface area contributed by atoms with Gasteiger partial charge < -0.3 is 19.7 Å². The van der Waals surface area contributed by atoms with Crippen molar-refractivity contribution in [3.8, 4) is 17.6 Å². The molecule has 3 rings (SSSR count). The van der Waals surface area contributed by atoms with E-state index in [-0.39, 0.29) is 5.82 Å². The highest BCUT2D eigenvalue weighted by atomic mass is 19.1. The summed E-state index contributed by atoms with van der Waals surface area (Å²) in [5.74, 6) is 1.80. The van der Waals surface area contributed by atoms with E-state index < -0.39 is 0 Å². The van der Waals surface area contributed by atoms with Crippen molar-refractivity contribution < 1.29 is 13.9 Å². The van der Waals surface area contributed by atoms with Gasteiger partial charge in [-0.1, -0.05) is 6.07 Å². The molecule has 1 atom stereocenters. The maximum Gasteiger partial charge on any atom is 0.161 e. The highest BCUT2D eigenvalue weighted by Gasteiger charge is 2.22. The van der Waals surface area contributed by atoms with Crippen molar-refractivity contribution in [2.75, 3.05) is 38.3 Å². The van der Waals surface area contributed by atoms with E-state index in [2.05, 4.69) is 16.3 Å². The first-order chi connectivity index (χ1) is 14.2. The maximum absolute atomic E-state index is 13.1. The fourth-order valence-electron chi connectivity index (χ4n) is 3.58. The number of unbranched alkanes of at least 4 members (excludes halogenated alkanes) is 1. The van der Waals surface area contributed by atoms with E-state index in [0.717, 1.165) is 43.9 Å². The number of rotatable bonds is 10. The van der Waals surface area contributed by atoms with E-state index in [4.69, 9.17) is 14.7 Å². The molecule has 154 valence electrons. The number of halogens is 1. The van der Waals surface area contributed by atoms with Crippen LogP contribution in [0.3, 0.4) is 0 Å². The second-order valence-electron chi connectivity index (χ2n) is 7.30. The molecule has 0 bridgehead atoms. The summed E-state index contributed by atoms with van der Waals surface area (Å²) < 4.78 is 24.2. The molecule has 0 aromatic heterocycles. The van der Waals surface area contributed by atoms with Crippen molar-refractivity contribution >= 4 is 5.69 Å². The summed E-state index contributed by atoms with van der Waals surface area (Å²) in [4.78, 5) is 2.31. The molecule has 5 nitrogen and oxygen atoms in total. The molecule has 0 amide bonds. The first-order valence-electron chi connectivity index (χ1n) is 10.1. The molecule has 1 heterocycles. The molecule has 0 aliphatic carbocycles. The zero-order valence-electron chi connectivity index (χ0n) is 16.9. The molecule has 1 unspecified atom stereocenters. The van der Waals surface area contributed by atoms with Gasteiger partial charge in [-0.05, 0) is 60.7 Å². The number of nitriles is 1. The van der Waals surface area contributed by atoms with Crippen LogP contribution in [0.15, 0.2) is 42.5 Å². The molecule has 1 N–H and O–H groups in total. The van der Waals surface area contributed by atoms with Crippen LogP contribution in [0.2, 0.25) is 0 Å². The van der Waals surface area contributed by atoms with Gasteiger partial charge in [0.25, 0.3) is 0 Å².